The van der Waals surface area contributed by atoms with Crippen LogP contribution in [0.15, 0.2) is 59.7 Å². The number of benzene rings is 1. The van der Waals surface area contributed by atoms with Gasteiger partial charge in [0.1, 0.15) is 23.7 Å². The summed E-state index contributed by atoms with van der Waals surface area (Å²) in [7, 11) is 0. The molecule has 0 atom stereocenters. The summed E-state index contributed by atoms with van der Waals surface area (Å²) in [6.45, 7) is -2.58. The zero-order valence-corrected chi connectivity index (χ0v) is 17.0. The molecule has 3 aromatic rings. The van der Waals surface area contributed by atoms with Gasteiger partial charge in [0.15, 0.2) is 6.61 Å². The van der Waals surface area contributed by atoms with E-state index in [-0.39, 0.29) is 28.6 Å². The van der Waals surface area contributed by atoms with Crippen molar-refractivity contribution in [2.24, 2.45) is 0 Å². The third kappa shape index (κ3) is 6.49. The van der Waals surface area contributed by atoms with Gasteiger partial charge in [-0.15, -0.1) is 0 Å². The minimum absolute atomic E-state index is 0.0573. The van der Waals surface area contributed by atoms with Gasteiger partial charge in [0, 0.05) is 18.3 Å². The van der Waals surface area contributed by atoms with E-state index in [0.29, 0.717) is 0 Å². The number of aromatic nitrogens is 2. The Balaban J connectivity index is 1.81. The Morgan fingerprint density at radius 1 is 1.12 bits per heavy atom. The molecule has 3 rings (SSSR count). The predicted octanol–water partition coefficient (Wildman–Crippen LogP) is 4.21. The highest BCUT2D eigenvalue weighted by Crippen LogP contribution is 2.24. The molecule has 2 aromatic heterocycles. The first-order valence-corrected chi connectivity index (χ1v) is 9.43. The second-order valence-corrected chi connectivity index (χ2v) is 6.65. The number of hydrogen-bond acceptors (Lipinski definition) is 5. The highest BCUT2D eigenvalue weighted by molar-refractivity contribution is 6.03. The molecule has 0 saturated carbocycles. The van der Waals surface area contributed by atoms with Gasteiger partial charge in [-0.3, -0.25) is 14.2 Å². The quantitative estimate of drug-likeness (QED) is 0.482. The molecule has 34 heavy (non-hydrogen) atoms. The van der Waals surface area contributed by atoms with Crippen molar-refractivity contribution in [3.05, 3.63) is 76.6 Å². The monoisotopic (exact) mass is 487 g/mol. The van der Waals surface area contributed by atoms with Crippen molar-refractivity contribution in [2.45, 2.75) is 12.6 Å². The summed E-state index contributed by atoms with van der Waals surface area (Å²) in [5.74, 6) is -2.34. The van der Waals surface area contributed by atoms with Gasteiger partial charge in [-0.05, 0) is 30.3 Å². The molecule has 180 valence electrons. The van der Waals surface area contributed by atoms with Crippen LogP contribution in [-0.4, -0.2) is 41.3 Å². The normalized spacial score (nSPS) is 11.4. The van der Waals surface area contributed by atoms with Crippen LogP contribution >= 0.6 is 0 Å². The highest BCUT2D eigenvalue weighted by atomic mass is 19.4. The van der Waals surface area contributed by atoms with Crippen LogP contribution in [0.4, 0.5) is 32.0 Å². The first-order valence-electron chi connectivity index (χ1n) is 9.43. The summed E-state index contributed by atoms with van der Waals surface area (Å²) in [6.07, 6.45) is -5.13. The molecule has 0 spiro atoms. The van der Waals surface area contributed by atoms with E-state index in [4.69, 9.17) is 4.74 Å². The maximum absolute atomic E-state index is 13.6. The van der Waals surface area contributed by atoms with Crippen molar-refractivity contribution in [3.63, 3.8) is 0 Å². The van der Waals surface area contributed by atoms with Crippen molar-refractivity contribution >= 4 is 11.6 Å². The molecule has 13 heteroatoms. The average molecular weight is 487 g/mol. The van der Waals surface area contributed by atoms with Gasteiger partial charge in [-0.1, -0.05) is 0 Å². The summed E-state index contributed by atoms with van der Waals surface area (Å²) < 4.78 is 85.5. The number of carbonyl (C=O) groups excluding carboxylic acids is 1. The minimum Gasteiger partial charge on any atom is -0.485 e. The third-order valence-electron chi connectivity index (χ3n) is 4.12. The number of pyridine rings is 2. The van der Waals surface area contributed by atoms with Gasteiger partial charge in [0.2, 0.25) is 5.88 Å². The molecular weight excluding hydrogens is 472 g/mol. The number of rotatable bonds is 8. The maximum Gasteiger partial charge on any atom is 0.422 e. The van der Waals surface area contributed by atoms with Crippen LogP contribution in [-0.2, 0) is 0 Å². The fourth-order valence-corrected chi connectivity index (χ4v) is 2.71. The summed E-state index contributed by atoms with van der Waals surface area (Å²) in [4.78, 5) is 29.1. The lowest BCUT2D eigenvalue weighted by molar-refractivity contribution is -0.154. The van der Waals surface area contributed by atoms with Crippen LogP contribution in [0.1, 0.15) is 10.4 Å². The lowest BCUT2D eigenvalue weighted by Crippen LogP contribution is -2.28. The fraction of sp³-hybridized carbons (Fsp3) is 0.190. The summed E-state index contributed by atoms with van der Waals surface area (Å²) in [5.41, 5.74) is -1.26. The number of amides is 1. The number of halogens is 6. The molecule has 1 amide bonds. The lowest BCUT2D eigenvalue weighted by Gasteiger charge is -2.14. The van der Waals surface area contributed by atoms with Crippen LogP contribution in [0.2, 0.25) is 0 Å². The molecule has 0 fully saturated rings. The Labute approximate surface area is 187 Å². The van der Waals surface area contributed by atoms with Gasteiger partial charge < -0.3 is 14.8 Å². The molecule has 7 nitrogen and oxygen atoms in total. The topological polar surface area (TPSA) is 82.4 Å². The minimum atomic E-state index is -4.54. The number of ether oxygens (including phenoxy) is 2. The third-order valence-corrected chi connectivity index (χ3v) is 4.12. The van der Waals surface area contributed by atoms with Crippen LogP contribution in [0.5, 0.6) is 11.6 Å². The van der Waals surface area contributed by atoms with Crippen LogP contribution < -0.4 is 20.3 Å². The second kappa shape index (κ2) is 10.3. The summed E-state index contributed by atoms with van der Waals surface area (Å²) >= 11 is 0. The van der Waals surface area contributed by atoms with Crippen LogP contribution in [0, 0.1) is 5.82 Å². The SMILES string of the molecule is O=C(Nc1ccc(OCC(F)(F)F)nc1)c1cccn(-c2ccc(F)cc2OCC(F)F)c1=O. The van der Waals surface area contributed by atoms with Crippen molar-refractivity contribution in [1.29, 1.82) is 0 Å². The Hall–Kier alpha value is -4.03. The van der Waals surface area contributed by atoms with Gasteiger partial charge >= 0.3 is 6.18 Å². The molecule has 0 unspecified atom stereocenters. The number of carbonyl (C=O) groups is 1. The summed E-state index contributed by atoms with van der Waals surface area (Å²) in [5, 5.41) is 2.36. The van der Waals surface area contributed by atoms with Gasteiger partial charge in [-0.2, -0.15) is 13.2 Å². The number of alkyl halides is 5. The smallest absolute Gasteiger partial charge is 0.422 e. The van der Waals surface area contributed by atoms with E-state index in [1.807, 2.05) is 0 Å². The molecular formula is C21H15F6N3O4. The van der Waals surface area contributed by atoms with E-state index < -0.39 is 43.1 Å². The Kier molecular flexibility index (Phi) is 7.44. The first kappa shape index (κ1) is 24.6. The predicted molar refractivity (Wildman–Crippen MR) is 107 cm³/mol. The molecule has 0 aliphatic rings. The molecule has 0 saturated heterocycles. The summed E-state index contributed by atoms with van der Waals surface area (Å²) in [6, 6.07) is 7.75. The largest absolute Gasteiger partial charge is 0.485 e. The molecule has 0 aliphatic carbocycles. The average Bonchev–Trinajstić information content (AvgIpc) is 2.77. The van der Waals surface area contributed by atoms with Gasteiger partial charge in [-0.25, -0.2) is 18.2 Å². The first-order chi connectivity index (χ1) is 16.0. The van der Waals surface area contributed by atoms with Crippen LogP contribution in [0.25, 0.3) is 5.69 Å². The van der Waals surface area contributed by atoms with E-state index in [9.17, 15) is 35.9 Å². The van der Waals surface area contributed by atoms with Crippen molar-refractivity contribution in [1.82, 2.24) is 9.55 Å². The standard InChI is InChI=1S/C21H15F6N3O4/c22-12-3-5-15(16(8-12)33-10-17(23)24)30-7-1-2-14(20(30)32)19(31)29-13-4-6-18(28-9-13)34-11-21(25,26)27/h1-9,17H,10-11H2,(H,29,31). The van der Waals surface area contributed by atoms with Crippen molar-refractivity contribution < 1.29 is 40.6 Å². The van der Waals surface area contributed by atoms with E-state index in [1.54, 1.807) is 0 Å². The Morgan fingerprint density at radius 2 is 1.88 bits per heavy atom. The fourth-order valence-electron chi connectivity index (χ4n) is 2.71. The molecule has 0 aliphatic heterocycles. The van der Waals surface area contributed by atoms with Crippen molar-refractivity contribution in [3.8, 4) is 17.3 Å². The molecule has 0 bridgehead atoms. The van der Waals surface area contributed by atoms with E-state index in [1.165, 1.54) is 24.4 Å². The Morgan fingerprint density at radius 3 is 2.53 bits per heavy atom. The zero-order chi connectivity index (χ0) is 24.9. The molecule has 1 aromatic carbocycles. The van der Waals surface area contributed by atoms with Gasteiger partial charge in [0.05, 0.1) is 17.6 Å². The van der Waals surface area contributed by atoms with E-state index >= 15 is 0 Å². The Bertz CT molecular complexity index is 1210. The zero-order valence-electron chi connectivity index (χ0n) is 17.0. The molecule has 1 N–H and O–H groups in total. The van der Waals surface area contributed by atoms with E-state index in [2.05, 4.69) is 15.0 Å². The van der Waals surface area contributed by atoms with E-state index in [0.717, 1.165) is 35.0 Å². The number of nitrogens with one attached hydrogen (secondary N) is 1. The lowest BCUT2D eigenvalue weighted by atomic mass is 10.2. The second-order valence-electron chi connectivity index (χ2n) is 6.65. The van der Waals surface area contributed by atoms with Crippen LogP contribution in [0.3, 0.4) is 0 Å². The van der Waals surface area contributed by atoms with Gasteiger partial charge in [0.25, 0.3) is 17.9 Å². The number of nitrogens with zero attached hydrogens (tertiary/aromatic N) is 2. The molecule has 2 heterocycles. The highest BCUT2D eigenvalue weighted by Gasteiger charge is 2.28. The van der Waals surface area contributed by atoms with Crippen molar-refractivity contribution in [2.75, 3.05) is 18.5 Å². The number of hydrogen-bond donors (Lipinski definition) is 1. The number of anilines is 1. The molecule has 0 radical (unpaired) electrons. The maximum atomic E-state index is 13.6.